The van der Waals surface area contributed by atoms with Gasteiger partial charge in [0.25, 0.3) is 0 Å². The van der Waals surface area contributed by atoms with E-state index >= 15 is 0 Å². The third-order valence-electron chi connectivity index (χ3n) is 8.97. The van der Waals surface area contributed by atoms with Gasteiger partial charge in [0.05, 0.1) is 39.8 Å². The standard InChI is InChI=1S/C32H34Cl2N2O3/c1-31(2,18-35)16-19-5-3-6-21(13-19)32(37)22-11-12-23(32)15-24(14-22)38-17-25-29(36-39-30(25)20-9-10-20)28-26(33)7-4-8-27(28)34/h3-8,13,20,22-24,37H,9-12,14-17H2,1-2H3/t22-,23+,24+,32-. The van der Waals surface area contributed by atoms with E-state index in [1.165, 1.54) is 0 Å². The van der Waals surface area contributed by atoms with Crippen molar-refractivity contribution in [3.63, 3.8) is 0 Å². The number of fused-ring (bicyclic) bond motifs is 2. The van der Waals surface area contributed by atoms with Gasteiger partial charge in [-0.05, 0) is 93.9 Å². The Labute approximate surface area is 240 Å². The zero-order valence-electron chi connectivity index (χ0n) is 22.4. The van der Waals surface area contributed by atoms with Gasteiger partial charge in [-0.2, -0.15) is 5.26 Å². The number of ether oxygens (including phenoxy) is 1. The molecule has 5 nitrogen and oxygen atoms in total. The van der Waals surface area contributed by atoms with Crippen LogP contribution in [0.5, 0.6) is 0 Å². The Morgan fingerprint density at radius 2 is 1.74 bits per heavy atom. The number of hydrogen-bond donors (Lipinski definition) is 1. The quantitative estimate of drug-likeness (QED) is 0.298. The van der Waals surface area contributed by atoms with Gasteiger partial charge in [-0.15, -0.1) is 0 Å². The molecule has 204 valence electrons. The van der Waals surface area contributed by atoms with E-state index in [9.17, 15) is 10.4 Å². The van der Waals surface area contributed by atoms with Crippen molar-refractivity contribution in [2.45, 2.75) is 83.0 Å². The maximum absolute atomic E-state index is 12.1. The molecule has 0 aliphatic heterocycles. The topological polar surface area (TPSA) is 79.3 Å². The van der Waals surface area contributed by atoms with Crippen LogP contribution in [-0.2, 0) is 23.4 Å². The summed E-state index contributed by atoms with van der Waals surface area (Å²) < 4.78 is 12.4. The summed E-state index contributed by atoms with van der Waals surface area (Å²) in [5.41, 5.74) is 3.06. The van der Waals surface area contributed by atoms with E-state index in [1.54, 1.807) is 0 Å². The Morgan fingerprint density at radius 3 is 2.38 bits per heavy atom. The number of nitrogens with zero attached hydrogens (tertiary/aromatic N) is 2. The molecule has 39 heavy (non-hydrogen) atoms. The number of aromatic nitrogens is 1. The van der Waals surface area contributed by atoms with Gasteiger partial charge in [0, 0.05) is 17.0 Å². The lowest BCUT2D eigenvalue weighted by Gasteiger charge is -2.43. The van der Waals surface area contributed by atoms with Crippen LogP contribution in [0, 0.1) is 28.6 Å². The Balaban J connectivity index is 1.21. The smallest absolute Gasteiger partial charge is 0.145 e. The van der Waals surface area contributed by atoms with Crippen LogP contribution in [0.4, 0.5) is 0 Å². The van der Waals surface area contributed by atoms with Gasteiger partial charge in [-0.3, -0.25) is 0 Å². The lowest BCUT2D eigenvalue weighted by Crippen LogP contribution is -2.44. The molecule has 0 saturated heterocycles. The van der Waals surface area contributed by atoms with Crippen molar-refractivity contribution in [3.05, 3.63) is 75.0 Å². The molecule has 1 N–H and O–H groups in total. The minimum atomic E-state index is -0.862. The first-order valence-electron chi connectivity index (χ1n) is 14.0. The minimum absolute atomic E-state index is 0.0417. The first-order chi connectivity index (χ1) is 18.7. The van der Waals surface area contributed by atoms with E-state index in [4.69, 9.17) is 32.5 Å². The predicted molar refractivity (Wildman–Crippen MR) is 151 cm³/mol. The number of aliphatic hydroxyl groups is 1. The van der Waals surface area contributed by atoms with Crippen molar-refractivity contribution >= 4 is 23.2 Å². The third-order valence-corrected chi connectivity index (χ3v) is 9.60. The molecule has 0 unspecified atom stereocenters. The molecule has 2 aromatic carbocycles. The predicted octanol–water partition coefficient (Wildman–Crippen LogP) is 8.21. The Bertz CT molecular complexity index is 1390. The molecule has 3 aromatic rings. The first kappa shape index (κ1) is 26.8. The lowest BCUT2D eigenvalue weighted by atomic mass is 9.69. The zero-order valence-corrected chi connectivity index (χ0v) is 23.9. The van der Waals surface area contributed by atoms with Gasteiger partial charge in [-0.25, -0.2) is 0 Å². The summed E-state index contributed by atoms with van der Waals surface area (Å²) >= 11 is 13.1. The summed E-state index contributed by atoms with van der Waals surface area (Å²) in [6, 6.07) is 16.1. The van der Waals surface area contributed by atoms with Gasteiger partial charge in [0.1, 0.15) is 11.5 Å². The summed E-state index contributed by atoms with van der Waals surface area (Å²) in [5, 5.41) is 27.1. The molecule has 1 aromatic heterocycles. The minimum Gasteiger partial charge on any atom is -0.385 e. The SMILES string of the molecule is CC(C)(C#N)Cc1cccc([C@@]2(O)[C@@H]3CC[C@H]2C[C@@H](OCc2c(-c4c(Cl)cccc4Cl)noc2C2CC2)C3)c1. The molecule has 1 heterocycles. The van der Waals surface area contributed by atoms with Crippen LogP contribution >= 0.6 is 23.2 Å². The van der Waals surface area contributed by atoms with Crippen molar-refractivity contribution in [1.29, 1.82) is 5.26 Å². The number of nitriles is 1. The monoisotopic (exact) mass is 564 g/mol. The molecular weight excluding hydrogens is 531 g/mol. The van der Waals surface area contributed by atoms with Crippen LogP contribution < -0.4 is 0 Å². The van der Waals surface area contributed by atoms with Gasteiger partial charge < -0.3 is 14.4 Å². The van der Waals surface area contributed by atoms with Gasteiger partial charge >= 0.3 is 0 Å². The molecule has 0 amide bonds. The van der Waals surface area contributed by atoms with Gasteiger partial charge in [0.2, 0.25) is 0 Å². The van der Waals surface area contributed by atoms with E-state index in [0.717, 1.165) is 61.0 Å². The van der Waals surface area contributed by atoms with Crippen molar-refractivity contribution in [3.8, 4) is 17.3 Å². The molecule has 7 heteroatoms. The number of rotatable bonds is 8. The molecule has 4 atom stereocenters. The van der Waals surface area contributed by atoms with E-state index in [0.29, 0.717) is 40.2 Å². The fraction of sp³-hybridized carbons (Fsp3) is 0.500. The van der Waals surface area contributed by atoms with Gasteiger partial charge in [-0.1, -0.05) is 58.7 Å². The largest absolute Gasteiger partial charge is 0.385 e. The Kier molecular flexibility index (Phi) is 7.04. The molecule has 0 radical (unpaired) electrons. The highest BCUT2D eigenvalue weighted by Gasteiger charge is 2.54. The second kappa shape index (κ2) is 10.2. The maximum atomic E-state index is 12.1. The van der Waals surface area contributed by atoms with Crippen molar-refractivity contribution in [2.24, 2.45) is 17.3 Å². The molecule has 3 aliphatic rings. The summed E-state index contributed by atoms with van der Waals surface area (Å²) in [6.45, 7) is 4.29. The summed E-state index contributed by atoms with van der Waals surface area (Å²) in [6.07, 6.45) is 6.44. The van der Waals surface area contributed by atoms with Crippen LogP contribution in [0.2, 0.25) is 10.0 Å². The van der Waals surface area contributed by atoms with Crippen LogP contribution in [0.3, 0.4) is 0 Å². The fourth-order valence-corrected chi connectivity index (χ4v) is 7.42. The van der Waals surface area contributed by atoms with E-state index in [2.05, 4.69) is 23.4 Å². The lowest BCUT2D eigenvalue weighted by molar-refractivity contribution is -0.116. The normalized spacial score (nSPS) is 26.5. The van der Waals surface area contributed by atoms with Crippen molar-refractivity contribution in [2.75, 3.05) is 0 Å². The second-order valence-corrected chi connectivity index (χ2v) is 13.1. The Morgan fingerprint density at radius 1 is 1.08 bits per heavy atom. The van der Waals surface area contributed by atoms with E-state index < -0.39 is 11.0 Å². The summed E-state index contributed by atoms with van der Waals surface area (Å²) in [5.74, 6) is 1.51. The van der Waals surface area contributed by atoms with Crippen LogP contribution in [0.1, 0.15) is 80.7 Å². The van der Waals surface area contributed by atoms with E-state index in [-0.39, 0.29) is 17.9 Å². The molecule has 3 saturated carbocycles. The molecule has 3 fully saturated rings. The number of hydrogen-bond acceptors (Lipinski definition) is 5. The van der Waals surface area contributed by atoms with Crippen LogP contribution in [-0.4, -0.2) is 16.4 Å². The highest BCUT2D eigenvalue weighted by atomic mass is 35.5. The van der Waals surface area contributed by atoms with Crippen molar-refractivity contribution in [1.82, 2.24) is 5.16 Å². The zero-order chi connectivity index (χ0) is 27.4. The Hall–Kier alpha value is -2.36. The highest BCUT2D eigenvalue weighted by molar-refractivity contribution is 6.39. The number of halogens is 2. The summed E-state index contributed by atoms with van der Waals surface area (Å²) in [4.78, 5) is 0. The van der Waals surface area contributed by atoms with Gasteiger partial charge in [0.15, 0.2) is 0 Å². The summed E-state index contributed by atoms with van der Waals surface area (Å²) in [7, 11) is 0. The second-order valence-electron chi connectivity index (χ2n) is 12.3. The number of benzene rings is 2. The van der Waals surface area contributed by atoms with E-state index in [1.807, 2.05) is 44.2 Å². The first-order valence-corrected chi connectivity index (χ1v) is 14.7. The molecule has 2 bridgehead atoms. The average Bonchev–Trinajstić information content (AvgIpc) is 3.65. The molecular formula is C32H34Cl2N2O3. The molecule has 3 aliphatic carbocycles. The molecule has 0 spiro atoms. The van der Waals surface area contributed by atoms with Crippen molar-refractivity contribution < 1.29 is 14.4 Å². The average molecular weight is 566 g/mol. The maximum Gasteiger partial charge on any atom is 0.145 e. The van der Waals surface area contributed by atoms with Crippen LogP contribution in [0.15, 0.2) is 47.0 Å². The fourth-order valence-electron chi connectivity index (χ4n) is 6.84. The third kappa shape index (κ3) is 5.02. The van der Waals surface area contributed by atoms with Crippen LogP contribution in [0.25, 0.3) is 11.3 Å². The molecule has 6 rings (SSSR count). The highest BCUT2D eigenvalue weighted by Crippen LogP contribution is 2.56.